The maximum absolute atomic E-state index is 3.53. The van der Waals surface area contributed by atoms with E-state index < -0.39 is 0 Å². The van der Waals surface area contributed by atoms with Gasteiger partial charge in [0.25, 0.3) is 0 Å². The highest BCUT2D eigenvalue weighted by Gasteiger charge is 2.62. The Balaban J connectivity index is 2.09. The molecule has 1 saturated carbocycles. The molecule has 1 heterocycles. The standard InChI is InChI=1S/C9H17N/c1-7-4-9(6-10-7)5-8(9,2)3/h7,10H,4-6H2,1-3H3. The number of rotatable bonds is 0. The average Bonchev–Trinajstić information content (AvgIpc) is 2.20. The molecule has 1 saturated heterocycles. The quantitative estimate of drug-likeness (QED) is 0.539. The zero-order chi connectivity index (χ0) is 7.41. The summed E-state index contributed by atoms with van der Waals surface area (Å²) in [4.78, 5) is 0. The van der Waals surface area contributed by atoms with Crippen LogP contribution in [-0.2, 0) is 0 Å². The highest BCUT2D eigenvalue weighted by atomic mass is 15.0. The van der Waals surface area contributed by atoms with E-state index >= 15 is 0 Å². The predicted molar refractivity (Wildman–Crippen MR) is 42.9 cm³/mol. The lowest BCUT2D eigenvalue weighted by molar-refractivity contribution is 0.411. The number of hydrogen-bond donors (Lipinski definition) is 1. The average molecular weight is 139 g/mol. The van der Waals surface area contributed by atoms with Crippen molar-refractivity contribution >= 4 is 0 Å². The summed E-state index contributed by atoms with van der Waals surface area (Å²) >= 11 is 0. The van der Waals surface area contributed by atoms with E-state index in [1.54, 1.807) is 0 Å². The van der Waals surface area contributed by atoms with Crippen LogP contribution in [-0.4, -0.2) is 12.6 Å². The number of hydrogen-bond acceptors (Lipinski definition) is 1. The Morgan fingerprint density at radius 2 is 2.00 bits per heavy atom. The van der Waals surface area contributed by atoms with Crippen LogP contribution in [0.3, 0.4) is 0 Å². The number of nitrogens with one attached hydrogen (secondary N) is 1. The van der Waals surface area contributed by atoms with E-state index in [1.165, 1.54) is 19.4 Å². The normalized spacial score (nSPS) is 50.1. The van der Waals surface area contributed by atoms with Crippen molar-refractivity contribution < 1.29 is 0 Å². The topological polar surface area (TPSA) is 12.0 Å². The summed E-state index contributed by atoms with van der Waals surface area (Å²) in [5.74, 6) is 0. The van der Waals surface area contributed by atoms with Gasteiger partial charge in [-0.25, -0.2) is 0 Å². The smallest absolute Gasteiger partial charge is 0.00449 e. The molecule has 1 spiro atoms. The molecule has 0 aromatic carbocycles. The molecule has 1 aliphatic carbocycles. The van der Waals surface area contributed by atoms with Gasteiger partial charge < -0.3 is 5.32 Å². The first-order valence-corrected chi connectivity index (χ1v) is 4.29. The monoisotopic (exact) mass is 139 g/mol. The van der Waals surface area contributed by atoms with E-state index in [-0.39, 0.29) is 0 Å². The van der Waals surface area contributed by atoms with Crippen molar-refractivity contribution in [2.24, 2.45) is 10.8 Å². The highest BCUT2D eigenvalue weighted by molar-refractivity contribution is 5.14. The molecule has 1 aliphatic heterocycles. The fraction of sp³-hybridized carbons (Fsp3) is 1.00. The zero-order valence-corrected chi connectivity index (χ0v) is 7.20. The van der Waals surface area contributed by atoms with E-state index in [1.807, 2.05) is 0 Å². The summed E-state index contributed by atoms with van der Waals surface area (Å²) in [6.07, 6.45) is 2.84. The third-order valence-electron chi connectivity index (χ3n) is 3.58. The van der Waals surface area contributed by atoms with Crippen LogP contribution in [0.4, 0.5) is 0 Å². The lowest BCUT2D eigenvalue weighted by Gasteiger charge is -2.10. The summed E-state index contributed by atoms with van der Waals surface area (Å²) in [6, 6.07) is 0.766. The van der Waals surface area contributed by atoms with E-state index in [0.717, 1.165) is 6.04 Å². The van der Waals surface area contributed by atoms with E-state index in [2.05, 4.69) is 26.1 Å². The molecule has 0 aromatic heterocycles. The Hall–Kier alpha value is -0.0400. The summed E-state index contributed by atoms with van der Waals surface area (Å²) < 4.78 is 0. The van der Waals surface area contributed by atoms with Crippen molar-refractivity contribution in [3.8, 4) is 0 Å². The Bertz CT molecular complexity index is 162. The van der Waals surface area contributed by atoms with Gasteiger partial charge in [0.2, 0.25) is 0 Å². The first-order valence-electron chi connectivity index (χ1n) is 4.29. The van der Waals surface area contributed by atoms with E-state index in [0.29, 0.717) is 10.8 Å². The van der Waals surface area contributed by atoms with Crippen molar-refractivity contribution in [3.05, 3.63) is 0 Å². The van der Waals surface area contributed by atoms with Crippen molar-refractivity contribution in [2.45, 2.75) is 39.7 Å². The second-order valence-corrected chi connectivity index (χ2v) is 4.83. The molecule has 10 heavy (non-hydrogen) atoms. The second-order valence-electron chi connectivity index (χ2n) is 4.83. The van der Waals surface area contributed by atoms with Crippen LogP contribution >= 0.6 is 0 Å². The van der Waals surface area contributed by atoms with Crippen LogP contribution in [0.15, 0.2) is 0 Å². The van der Waals surface area contributed by atoms with Crippen LogP contribution in [0.2, 0.25) is 0 Å². The minimum atomic E-state index is 0.644. The van der Waals surface area contributed by atoms with Crippen LogP contribution in [0.1, 0.15) is 33.6 Å². The second kappa shape index (κ2) is 1.58. The molecule has 0 amide bonds. The maximum atomic E-state index is 3.53. The van der Waals surface area contributed by atoms with Crippen molar-refractivity contribution in [2.75, 3.05) is 6.54 Å². The van der Waals surface area contributed by atoms with Crippen molar-refractivity contribution in [1.29, 1.82) is 0 Å². The molecule has 2 atom stereocenters. The molecular weight excluding hydrogens is 122 g/mol. The van der Waals surface area contributed by atoms with Gasteiger partial charge in [-0.15, -0.1) is 0 Å². The Kier molecular flexibility index (Phi) is 1.05. The first kappa shape index (κ1) is 6.66. The molecule has 0 bridgehead atoms. The SMILES string of the molecule is CC1CC2(CN1)CC2(C)C. The zero-order valence-electron chi connectivity index (χ0n) is 7.20. The minimum absolute atomic E-state index is 0.644. The summed E-state index contributed by atoms with van der Waals surface area (Å²) in [5.41, 5.74) is 1.34. The summed E-state index contributed by atoms with van der Waals surface area (Å²) in [5, 5.41) is 3.53. The third-order valence-corrected chi connectivity index (χ3v) is 3.58. The Labute approximate surface area is 63.2 Å². The molecule has 1 nitrogen and oxygen atoms in total. The molecule has 0 aromatic rings. The summed E-state index contributed by atoms with van der Waals surface area (Å²) in [6.45, 7) is 8.35. The largest absolute Gasteiger partial charge is 0.314 e. The fourth-order valence-corrected chi connectivity index (χ4v) is 2.55. The lowest BCUT2D eigenvalue weighted by atomic mass is 9.93. The summed E-state index contributed by atoms with van der Waals surface area (Å²) in [7, 11) is 0. The van der Waals surface area contributed by atoms with Gasteiger partial charge in [-0.1, -0.05) is 13.8 Å². The molecule has 2 unspecified atom stereocenters. The third kappa shape index (κ3) is 0.672. The maximum Gasteiger partial charge on any atom is 0.00449 e. The molecular formula is C9H17N. The van der Waals surface area contributed by atoms with Crippen LogP contribution in [0.25, 0.3) is 0 Å². The van der Waals surface area contributed by atoms with Crippen LogP contribution in [0.5, 0.6) is 0 Å². The van der Waals surface area contributed by atoms with Gasteiger partial charge in [-0.05, 0) is 30.6 Å². The van der Waals surface area contributed by atoms with Gasteiger partial charge in [-0.3, -0.25) is 0 Å². The van der Waals surface area contributed by atoms with Crippen molar-refractivity contribution in [1.82, 2.24) is 5.32 Å². The fourth-order valence-electron chi connectivity index (χ4n) is 2.55. The van der Waals surface area contributed by atoms with Crippen LogP contribution in [0, 0.1) is 10.8 Å². The molecule has 1 N–H and O–H groups in total. The van der Waals surface area contributed by atoms with Gasteiger partial charge in [0.05, 0.1) is 0 Å². The van der Waals surface area contributed by atoms with Gasteiger partial charge in [0, 0.05) is 12.6 Å². The van der Waals surface area contributed by atoms with E-state index in [4.69, 9.17) is 0 Å². The van der Waals surface area contributed by atoms with Crippen molar-refractivity contribution in [3.63, 3.8) is 0 Å². The molecule has 1 heteroatoms. The first-order chi connectivity index (χ1) is 4.56. The van der Waals surface area contributed by atoms with Gasteiger partial charge >= 0.3 is 0 Å². The molecule has 0 radical (unpaired) electrons. The molecule has 2 rings (SSSR count). The molecule has 2 aliphatic rings. The van der Waals surface area contributed by atoms with Gasteiger partial charge in [-0.2, -0.15) is 0 Å². The predicted octanol–water partition coefficient (Wildman–Crippen LogP) is 1.78. The van der Waals surface area contributed by atoms with Gasteiger partial charge in [0.1, 0.15) is 0 Å². The Morgan fingerprint density at radius 3 is 2.20 bits per heavy atom. The minimum Gasteiger partial charge on any atom is -0.314 e. The Morgan fingerprint density at radius 1 is 1.40 bits per heavy atom. The lowest BCUT2D eigenvalue weighted by Crippen LogP contribution is -2.17. The molecule has 58 valence electrons. The van der Waals surface area contributed by atoms with Gasteiger partial charge in [0.15, 0.2) is 0 Å². The van der Waals surface area contributed by atoms with Crippen LogP contribution < -0.4 is 5.32 Å². The molecule has 2 fully saturated rings. The van der Waals surface area contributed by atoms with E-state index in [9.17, 15) is 0 Å². The highest BCUT2D eigenvalue weighted by Crippen LogP contribution is 2.67.